The number of carbonyl (C=O) groups excluding carboxylic acids is 1. The number of amides is 1. The Morgan fingerprint density at radius 1 is 1.12 bits per heavy atom. The Morgan fingerprint density at radius 2 is 1.84 bits per heavy atom. The molecule has 0 spiro atoms. The summed E-state index contributed by atoms with van der Waals surface area (Å²) in [5.41, 5.74) is 0.676. The van der Waals surface area contributed by atoms with Crippen molar-refractivity contribution in [1.29, 1.82) is 0 Å². The van der Waals surface area contributed by atoms with Gasteiger partial charge in [-0.15, -0.1) is 0 Å². The van der Waals surface area contributed by atoms with Crippen LogP contribution in [0.2, 0.25) is 0 Å². The number of morpholine rings is 1. The van der Waals surface area contributed by atoms with Crippen LogP contribution in [-0.2, 0) is 4.74 Å². The molecule has 0 atom stereocenters. The molecular formula is C19H31BrN2O3. The van der Waals surface area contributed by atoms with Crippen LogP contribution >= 0.6 is 15.9 Å². The molecule has 0 aliphatic carbocycles. The molecule has 6 heteroatoms. The standard InChI is InChI=1S/C19H31BrN2O3/c1-4-5-6-7-8-22(10-9-21-11-13-24-14-12-21)19(23)17-15(2)25-16(3)18(17)20/h4-14H2,1-3H3. The van der Waals surface area contributed by atoms with Crippen molar-refractivity contribution in [1.82, 2.24) is 9.80 Å². The normalized spacial score (nSPS) is 15.5. The molecule has 1 saturated heterocycles. The molecule has 5 nitrogen and oxygen atoms in total. The van der Waals surface area contributed by atoms with E-state index in [9.17, 15) is 4.79 Å². The lowest BCUT2D eigenvalue weighted by atomic mass is 10.1. The summed E-state index contributed by atoms with van der Waals surface area (Å²) in [6, 6.07) is 0. The Labute approximate surface area is 159 Å². The van der Waals surface area contributed by atoms with Crippen molar-refractivity contribution in [3.63, 3.8) is 0 Å². The van der Waals surface area contributed by atoms with Crippen LogP contribution in [0.25, 0.3) is 0 Å². The monoisotopic (exact) mass is 414 g/mol. The highest BCUT2D eigenvalue weighted by molar-refractivity contribution is 9.10. The Kier molecular flexibility index (Phi) is 8.46. The molecule has 0 aromatic carbocycles. The molecular weight excluding hydrogens is 384 g/mol. The number of hydrogen-bond acceptors (Lipinski definition) is 4. The van der Waals surface area contributed by atoms with Crippen LogP contribution in [0.4, 0.5) is 0 Å². The first-order valence-electron chi connectivity index (χ1n) is 9.39. The Morgan fingerprint density at radius 3 is 2.44 bits per heavy atom. The van der Waals surface area contributed by atoms with Crippen molar-refractivity contribution in [2.75, 3.05) is 45.9 Å². The minimum atomic E-state index is 0.0750. The average molecular weight is 415 g/mol. The predicted molar refractivity (Wildman–Crippen MR) is 103 cm³/mol. The number of hydrogen-bond donors (Lipinski definition) is 0. The van der Waals surface area contributed by atoms with Crippen LogP contribution in [-0.4, -0.2) is 61.6 Å². The summed E-state index contributed by atoms with van der Waals surface area (Å²) in [5, 5.41) is 0. The van der Waals surface area contributed by atoms with Gasteiger partial charge in [0, 0.05) is 32.7 Å². The van der Waals surface area contributed by atoms with Gasteiger partial charge in [-0.1, -0.05) is 26.2 Å². The second-order valence-corrected chi connectivity index (χ2v) is 7.50. The van der Waals surface area contributed by atoms with E-state index < -0.39 is 0 Å². The van der Waals surface area contributed by atoms with Gasteiger partial charge in [-0.25, -0.2) is 0 Å². The smallest absolute Gasteiger partial charge is 0.258 e. The lowest BCUT2D eigenvalue weighted by Gasteiger charge is -2.30. The van der Waals surface area contributed by atoms with E-state index in [0.717, 1.165) is 62.6 Å². The predicted octanol–water partition coefficient (Wildman–Crippen LogP) is 4.01. The molecule has 2 heterocycles. The van der Waals surface area contributed by atoms with Gasteiger partial charge in [0.25, 0.3) is 5.91 Å². The molecule has 2 rings (SSSR count). The largest absolute Gasteiger partial charge is 0.465 e. The molecule has 0 N–H and O–H groups in total. The van der Waals surface area contributed by atoms with Crippen molar-refractivity contribution >= 4 is 21.8 Å². The topological polar surface area (TPSA) is 45.9 Å². The number of unbranched alkanes of at least 4 members (excludes halogenated alkanes) is 3. The van der Waals surface area contributed by atoms with Gasteiger partial charge < -0.3 is 14.1 Å². The molecule has 25 heavy (non-hydrogen) atoms. The van der Waals surface area contributed by atoms with Gasteiger partial charge in [-0.3, -0.25) is 9.69 Å². The fourth-order valence-electron chi connectivity index (χ4n) is 3.19. The number of halogens is 1. The van der Waals surface area contributed by atoms with Crippen LogP contribution in [0.5, 0.6) is 0 Å². The van der Waals surface area contributed by atoms with E-state index in [2.05, 4.69) is 27.8 Å². The van der Waals surface area contributed by atoms with Crippen molar-refractivity contribution in [2.24, 2.45) is 0 Å². The number of ether oxygens (including phenoxy) is 1. The number of nitrogens with zero attached hydrogens (tertiary/aromatic N) is 2. The maximum absolute atomic E-state index is 13.1. The molecule has 0 unspecified atom stereocenters. The van der Waals surface area contributed by atoms with E-state index in [1.165, 1.54) is 19.3 Å². The Bertz CT molecular complexity index is 553. The zero-order chi connectivity index (χ0) is 18.2. The van der Waals surface area contributed by atoms with Gasteiger partial charge in [-0.2, -0.15) is 0 Å². The summed E-state index contributed by atoms with van der Waals surface area (Å²) in [4.78, 5) is 17.5. The third-order valence-corrected chi connectivity index (χ3v) is 5.71. The molecule has 0 saturated carbocycles. The molecule has 1 aliphatic rings. The van der Waals surface area contributed by atoms with Crippen molar-refractivity contribution in [3.8, 4) is 0 Å². The van der Waals surface area contributed by atoms with Gasteiger partial charge in [0.15, 0.2) is 0 Å². The minimum Gasteiger partial charge on any atom is -0.465 e. The Hall–Kier alpha value is -0.850. The molecule has 1 amide bonds. The van der Waals surface area contributed by atoms with E-state index >= 15 is 0 Å². The molecule has 142 valence electrons. The third-order valence-electron chi connectivity index (χ3n) is 4.76. The maximum atomic E-state index is 13.1. The first kappa shape index (κ1) is 20.5. The van der Waals surface area contributed by atoms with Crippen LogP contribution in [0.15, 0.2) is 8.89 Å². The number of carbonyl (C=O) groups is 1. The van der Waals surface area contributed by atoms with Crippen LogP contribution < -0.4 is 0 Å². The van der Waals surface area contributed by atoms with Gasteiger partial charge in [0.1, 0.15) is 11.5 Å². The average Bonchev–Trinajstić information content (AvgIpc) is 2.87. The van der Waals surface area contributed by atoms with Gasteiger partial charge in [0.2, 0.25) is 0 Å². The second-order valence-electron chi connectivity index (χ2n) is 6.71. The van der Waals surface area contributed by atoms with Crippen LogP contribution in [0.3, 0.4) is 0 Å². The van der Waals surface area contributed by atoms with Gasteiger partial charge in [-0.05, 0) is 36.2 Å². The van der Waals surface area contributed by atoms with E-state index in [-0.39, 0.29) is 5.91 Å². The lowest BCUT2D eigenvalue weighted by Crippen LogP contribution is -2.43. The molecule has 0 bridgehead atoms. The van der Waals surface area contributed by atoms with Gasteiger partial charge >= 0.3 is 0 Å². The molecule has 1 fully saturated rings. The highest BCUT2D eigenvalue weighted by atomic mass is 79.9. The lowest BCUT2D eigenvalue weighted by molar-refractivity contribution is 0.0324. The van der Waals surface area contributed by atoms with Crippen molar-refractivity contribution in [3.05, 3.63) is 21.6 Å². The zero-order valence-electron chi connectivity index (χ0n) is 15.8. The first-order valence-corrected chi connectivity index (χ1v) is 10.2. The third kappa shape index (κ3) is 5.83. The second kappa shape index (κ2) is 10.3. The van der Waals surface area contributed by atoms with Crippen LogP contribution in [0, 0.1) is 13.8 Å². The van der Waals surface area contributed by atoms with Gasteiger partial charge in [0.05, 0.1) is 23.2 Å². The molecule has 1 aromatic heterocycles. The minimum absolute atomic E-state index is 0.0750. The highest BCUT2D eigenvalue weighted by Crippen LogP contribution is 2.28. The summed E-state index contributed by atoms with van der Waals surface area (Å²) in [5.74, 6) is 1.53. The van der Waals surface area contributed by atoms with E-state index in [4.69, 9.17) is 9.15 Å². The summed E-state index contributed by atoms with van der Waals surface area (Å²) in [7, 11) is 0. The quantitative estimate of drug-likeness (QED) is 0.572. The van der Waals surface area contributed by atoms with E-state index in [1.807, 2.05) is 18.7 Å². The maximum Gasteiger partial charge on any atom is 0.258 e. The van der Waals surface area contributed by atoms with Crippen LogP contribution in [0.1, 0.15) is 54.5 Å². The first-order chi connectivity index (χ1) is 12.0. The molecule has 0 radical (unpaired) electrons. The summed E-state index contributed by atoms with van der Waals surface area (Å²) in [6.45, 7) is 11.9. The zero-order valence-corrected chi connectivity index (χ0v) is 17.4. The van der Waals surface area contributed by atoms with Crippen molar-refractivity contribution in [2.45, 2.75) is 46.5 Å². The molecule has 1 aromatic rings. The SMILES string of the molecule is CCCCCCN(CCN1CCOCC1)C(=O)c1c(C)oc(C)c1Br. The van der Waals surface area contributed by atoms with E-state index in [0.29, 0.717) is 11.3 Å². The molecule has 1 aliphatic heterocycles. The Balaban J connectivity index is 2.02. The van der Waals surface area contributed by atoms with E-state index in [1.54, 1.807) is 0 Å². The summed E-state index contributed by atoms with van der Waals surface area (Å²) >= 11 is 3.52. The van der Waals surface area contributed by atoms with Crippen molar-refractivity contribution < 1.29 is 13.9 Å². The number of rotatable bonds is 9. The summed E-state index contributed by atoms with van der Waals surface area (Å²) in [6.07, 6.45) is 4.64. The number of furan rings is 1. The summed E-state index contributed by atoms with van der Waals surface area (Å²) < 4.78 is 11.8. The number of aryl methyl sites for hydroxylation is 2. The fraction of sp³-hybridized carbons (Fsp3) is 0.737. The fourth-order valence-corrected chi connectivity index (χ4v) is 3.72. The highest BCUT2D eigenvalue weighted by Gasteiger charge is 2.25.